The molecule has 0 saturated carbocycles. The number of methoxy groups -OCH3 is 1. The number of carbonyl (C=O) groups excluding carboxylic acids is 1. The molecule has 1 N–H and O–H groups in total. The Kier molecular flexibility index (Phi) is 5.97. The van der Waals surface area contributed by atoms with Gasteiger partial charge >= 0.3 is 0 Å². The molecule has 2 atom stereocenters. The molecule has 0 bridgehead atoms. The van der Waals surface area contributed by atoms with E-state index in [1.807, 2.05) is 60.7 Å². The van der Waals surface area contributed by atoms with Gasteiger partial charge in [-0.25, -0.2) is 0 Å². The van der Waals surface area contributed by atoms with Crippen LogP contribution in [0.2, 0.25) is 0 Å². The summed E-state index contributed by atoms with van der Waals surface area (Å²) < 4.78 is 11.7. The van der Waals surface area contributed by atoms with Gasteiger partial charge < -0.3 is 14.6 Å². The molecule has 0 aromatic heterocycles. The fourth-order valence-corrected chi connectivity index (χ4v) is 4.67. The second-order valence-electron chi connectivity index (χ2n) is 11.1. The highest BCUT2D eigenvalue weighted by molar-refractivity contribution is 6.01. The van der Waals surface area contributed by atoms with Crippen LogP contribution in [0.4, 0.5) is 0 Å². The molecule has 3 aromatic carbocycles. The van der Waals surface area contributed by atoms with E-state index in [4.69, 9.17) is 9.47 Å². The quantitative estimate of drug-likeness (QED) is 0.438. The van der Waals surface area contributed by atoms with Crippen molar-refractivity contribution >= 4 is 5.78 Å². The maximum Gasteiger partial charge on any atom is 0.204 e. The van der Waals surface area contributed by atoms with E-state index in [-0.39, 0.29) is 22.5 Å². The summed E-state index contributed by atoms with van der Waals surface area (Å²) in [4.78, 5) is 13.7. The van der Waals surface area contributed by atoms with E-state index in [1.165, 1.54) is 0 Å². The molecule has 4 nitrogen and oxygen atoms in total. The third-order valence-electron chi connectivity index (χ3n) is 6.54. The summed E-state index contributed by atoms with van der Waals surface area (Å²) in [7, 11) is 1.62. The summed E-state index contributed by atoms with van der Waals surface area (Å²) in [5, 5.41) is 11.2. The summed E-state index contributed by atoms with van der Waals surface area (Å²) in [6, 6.07) is 19.1. The van der Waals surface area contributed by atoms with Gasteiger partial charge in [-0.1, -0.05) is 90.1 Å². The highest BCUT2D eigenvalue weighted by Crippen LogP contribution is 2.48. The fraction of sp³-hybridized carbons (Fsp3) is 0.367. The van der Waals surface area contributed by atoms with E-state index < -0.39 is 6.10 Å². The predicted octanol–water partition coefficient (Wildman–Crippen LogP) is 6.77. The first-order valence-electron chi connectivity index (χ1n) is 11.7. The van der Waals surface area contributed by atoms with Gasteiger partial charge in [-0.2, -0.15) is 0 Å². The SMILES string of the molecule is COc1ccc2c(c1)O[C@H](C(=O)c1ccccc1)[C@H]2c1cc(C(C)(C)C)c(O)c(C(C)(C)C)c1. The van der Waals surface area contributed by atoms with Gasteiger partial charge in [-0.05, 0) is 33.6 Å². The number of Topliss-reactive ketones (excluding diaryl/α,β-unsaturated/α-hetero) is 1. The highest BCUT2D eigenvalue weighted by Gasteiger charge is 2.42. The van der Waals surface area contributed by atoms with Crippen molar-refractivity contribution in [2.75, 3.05) is 7.11 Å². The van der Waals surface area contributed by atoms with Crippen LogP contribution in [0.5, 0.6) is 17.2 Å². The molecule has 178 valence electrons. The van der Waals surface area contributed by atoms with Crippen molar-refractivity contribution in [2.45, 2.75) is 64.4 Å². The van der Waals surface area contributed by atoms with Gasteiger partial charge in [-0.15, -0.1) is 0 Å². The molecule has 0 radical (unpaired) electrons. The second kappa shape index (κ2) is 8.50. The zero-order chi connectivity index (χ0) is 24.8. The van der Waals surface area contributed by atoms with Crippen molar-refractivity contribution in [3.63, 3.8) is 0 Å². The van der Waals surface area contributed by atoms with Crippen LogP contribution >= 0.6 is 0 Å². The molecule has 0 aliphatic carbocycles. The van der Waals surface area contributed by atoms with E-state index >= 15 is 0 Å². The van der Waals surface area contributed by atoms with Gasteiger partial charge in [0.05, 0.1) is 13.0 Å². The van der Waals surface area contributed by atoms with Crippen LogP contribution in [0.25, 0.3) is 0 Å². The van der Waals surface area contributed by atoms with Crippen LogP contribution in [0.3, 0.4) is 0 Å². The number of rotatable bonds is 4. The zero-order valence-electron chi connectivity index (χ0n) is 21.1. The van der Waals surface area contributed by atoms with E-state index in [0.29, 0.717) is 22.8 Å². The van der Waals surface area contributed by atoms with E-state index in [1.54, 1.807) is 7.11 Å². The topological polar surface area (TPSA) is 55.8 Å². The molecular weight excluding hydrogens is 424 g/mol. The standard InChI is InChI=1S/C30H34O4/c1-29(2,3)22-15-19(16-23(27(22)32)30(4,5)6)25-21-14-13-20(33-7)17-24(21)34-28(25)26(31)18-11-9-8-10-12-18/h8-17,25,28,32H,1-7H3/t25-,28-/m0/s1. The van der Waals surface area contributed by atoms with Crippen molar-refractivity contribution < 1.29 is 19.4 Å². The number of ketones is 1. The van der Waals surface area contributed by atoms with E-state index in [2.05, 4.69) is 41.5 Å². The normalized spacial score (nSPS) is 17.7. The number of ether oxygens (including phenoxy) is 2. The van der Waals surface area contributed by atoms with Crippen molar-refractivity contribution in [1.82, 2.24) is 0 Å². The minimum Gasteiger partial charge on any atom is -0.507 e. The number of phenols is 1. The summed E-state index contributed by atoms with van der Waals surface area (Å²) in [6.07, 6.45) is -0.713. The van der Waals surface area contributed by atoms with Crippen LogP contribution < -0.4 is 9.47 Å². The summed E-state index contributed by atoms with van der Waals surface area (Å²) in [5.74, 6) is 1.28. The molecule has 4 rings (SSSR count). The molecule has 1 aliphatic rings. The van der Waals surface area contributed by atoms with Gasteiger partial charge in [0.1, 0.15) is 17.2 Å². The monoisotopic (exact) mass is 458 g/mol. The Balaban J connectivity index is 1.95. The predicted molar refractivity (Wildman–Crippen MR) is 136 cm³/mol. The second-order valence-corrected chi connectivity index (χ2v) is 11.1. The molecule has 34 heavy (non-hydrogen) atoms. The number of benzene rings is 3. The van der Waals surface area contributed by atoms with E-state index in [9.17, 15) is 9.90 Å². The molecule has 0 unspecified atom stereocenters. The Morgan fingerprint density at radius 3 is 2.00 bits per heavy atom. The third-order valence-corrected chi connectivity index (χ3v) is 6.54. The smallest absolute Gasteiger partial charge is 0.204 e. The largest absolute Gasteiger partial charge is 0.507 e. The summed E-state index contributed by atoms with van der Waals surface area (Å²) in [5.41, 5.74) is 3.70. The first kappa shape index (κ1) is 23.9. The van der Waals surface area contributed by atoms with Gasteiger partial charge in [0.25, 0.3) is 0 Å². The molecule has 0 fully saturated rings. The van der Waals surface area contributed by atoms with Crippen LogP contribution in [0.15, 0.2) is 60.7 Å². The number of hydrogen-bond acceptors (Lipinski definition) is 4. The Labute approximate surface area is 202 Å². The van der Waals surface area contributed by atoms with Gasteiger partial charge in [0, 0.05) is 17.2 Å². The van der Waals surface area contributed by atoms with Crippen molar-refractivity contribution in [3.05, 3.63) is 88.5 Å². The Morgan fingerprint density at radius 2 is 1.47 bits per heavy atom. The van der Waals surface area contributed by atoms with Crippen molar-refractivity contribution in [3.8, 4) is 17.2 Å². The average Bonchev–Trinajstić information content (AvgIpc) is 3.16. The van der Waals surface area contributed by atoms with Crippen LogP contribution in [-0.4, -0.2) is 24.1 Å². The van der Waals surface area contributed by atoms with E-state index in [0.717, 1.165) is 22.3 Å². The minimum absolute atomic E-state index is 0.0662. The lowest BCUT2D eigenvalue weighted by Gasteiger charge is -2.30. The highest BCUT2D eigenvalue weighted by atomic mass is 16.5. The molecule has 1 heterocycles. The number of aromatic hydroxyl groups is 1. The first-order valence-corrected chi connectivity index (χ1v) is 11.7. The maximum atomic E-state index is 13.7. The molecule has 4 heteroatoms. The summed E-state index contributed by atoms with van der Waals surface area (Å²) in [6.45, 7) is 12.6. The number of phenolic OH excluding ortho intramolecular Hbond substituents is 1. The molecule has 0 spiro atoms. The Morgan fingerprint density at radius 1 is 0.882 bits per heavy atom. The number of carbonyl (C=O) groups is 1. The average molecular weight is 459 g/mol. The molecule has 1 aliphatic heterocycles. The molecule has 0 saturated heterocycles. The molecular formula is C30H34O4. The number of hydrogen-bond donors (Lipinski definition) is 1. The lowest BCUT2D eigenvalue weighted by atomic mass is 9.75. The van der Waals surface area contributed by atoms with Gasteiger partial charge in [0.15, 0.2) is 6.10 Å². The third kappa shape index (κ3) is 4.29. The van der Waals surface area contributed by atoms with Gasteiger partial charge in [0.2, 0.25) is 5.78 Å². The van der Waals surface area contributed by atoms with Crippen LogP contribution in [0, 0.1) is 0 Å². The van der Waals surface area contributed by atoms with Crippen LogP contribution in [0.1, 0.15) is 80.1 Å². The van der Waals surface area contributed by atoms with Crippen molar-refractivity contribution in [1.29, 1.82) is 0 Å². The number of fused-ring (bicyclic) bond motifs is 1. The molecule has 0 amide bonds. The lowest BCUT2D eigenvalue weighted by molar-refractivity contribution is 0.0806. The maximum absolute atomic E-state index is 13.7. The first-order chi connectivity index (χ1) is 15.9. The van der Waals surface area contributed by atoms with Crippen LogP contribution in [-0.2, 0) is 10.8 Å². The van der Waals surface area contributed by atoms with Crippen molar-refractivity contribution in [2.24, 2.45) is 0 Å². The van der Waals surface area contributed by atoms with Gasteiger partial charge in [-0.3, -0.25) is 4.79 Å². The Hall–Kier alpha value is -3.27. The molecule has 3 aromatic rings. The zero-order valence-corrected chi connectivity index (χ0v) is 21.1. The Bertz CT molecular complexity index is 1180. The summed E-state index contributed by atoms with van der Waals surface area (Å²) >= 11 is 0. The minimum atomic E-state index is -0.713. The fourth-order valence-electron chi connectivity index (χ4n) is 4.67. The lowest BCUT2D eigenvalue weighted by Crippen LogP contribution is -2.30.